The third kappa shape index (κ3) is 8.37. The van der Waals surface area contributed by atoms with Crippen LogP contribution in [0.25, 0.3) is 0 Å². The van der Waals surface area contributed by atoms with Gasteiger partial charge in [-0.2, -0.15) is 0 Å². The maximum atomic E-state index is 12.8. The zero-order chi connectivity index (χ0) is 23.2. The van der Waals surface area contributed by atoms with Crippen molar-refractivity contribution in [3.63, 3.8) is 0 Å². The molecule has 2 amide bonds. The topological polar surface area (TPSA) is 58.6 Å². The molecule has 0 aliphatic heterocycles. The molecule has 0 aromatic heterocycles. The Bertz CT molecular complexity index is 827. The third-order valence-corrected chi connectivity index (χ3v) is 5.27. The van der Waals surface area contributed by atoms with E-state index in [-0.39, 0.29) is 11.8 Å². The Morgan fingerprint density at radius 2 is 1.50 bits per heavy atom. The fraction of sp³-hybridized carbons (Fsp3) is 0.481. The number of amides is 2. The molecule has 0 spiro atoms. The van der Waals surface area contributed by atoms with Crippen LogP contribution >= 0.6 is 0 Å². The fourth-order valence-corrected chi connectivity index (χ4v) is 3.57. The van der Waals surface area contributed by atoms with Crippen LogP contribution in [0, 0.1) is 0 Å². The maximum Gasteiger partial charge on any atom is 0.255 e. The van der Waals surface area contributed by atoms with E-state index in [9.17, 15) is 9.59 Å². The van der Waals surface area contributed by atoms with Crippen LogP contribution in [0.4, 0.5) is 5.69 Å². The Morgan fingerprint density at radius 3 is 2.16 bits per heavy atom. The second-order valence-corrected chi connectivity index (χ2v) is 8.11. The molecule has 0 aliphatic rings. The van der Waals surface area contributed by atoms with Gasteiger partial charge in [0.1, 0.15) is 5.75 Å². The number of carbonyl (C=O) groups excluding carboxylic acids is 2. The average molecular weight is 439 g/mol. The predicted octanol–water partition coefficient (Wildman–Crippen LogP) is 6.55. The van der Waals surface area contributed by atoms with Crippen molar-refractivity contribution in [3.8, 4) is 5.75 Å². The minimum Gasteiger partial charge on any atom is -0.494 e. The monoisotopic (exact) mass is 438 g/mol. The summed E-state index contributed by atoms with van der Waals surface area (Å²) in [6.45, 7) is 8.50. The number of hydrogen-bond donors (Lipinski definition) is 1. The lowest BCUT2D eigenvalue weighted by atomic mass is 10.1. The van der Waals surface area contributed by atoms with Gasteiger partial charge >= 0.3 is 0 Å². The summed E-state index contributed by atoms with van der Waals surface area (Å²) >= 11 is 0. The molecule has 0 saturated carbocycles. The minimum absolute atomic E-state index is 0.000921. The first-order valence-corrected chi connectivity index (χ1v) is 12.0. The number of carbonyl (C=O) groups is 2. The van der Waals surface area contributed by atoms with Gasteiger partial charge in [-0.3, -0.25) is 9.59 Å². The van der Waals surface area contributed by atoms with E-state index in [1.807, 2.05) is 17.0 Å². The van der Waals surface area contributed by atoms with Gasteiger partial charge in [0.05, 0.1) is 6.61 Å². The van der Waals surface area contributed by atoms with E-state index in [0.717, 1.165) is 38.1 Å². The zero-order valence-corrected chi connectivity index (χ0v) is 19.9. The molecule has 0 bridgehead atoms. The number of nitrogens with zero attached hydrogens (tertiary/aromatic N) is 1. The SMILES string of the molecule is CCCCCCCOc1ccc(C(=O)Nc2cccc(C(=O)N(CCC)CCC)c2)cc1. The Balaban J connectivity index is 1.92. The smallest absolute Gasteiger partial charge is 0.255 e. The third-order valence-electron chi connectivity index (χ3n) is 5.27. The molecule has 0 radical (unpaired) electrons. The standard InChI is InChI=1S/C27H38N2O3/c1-4-7-8-9-10-20-32-25-16-14-22(15-17-25)26(30)28-24-13-11-12-23(21-24)27(31)29(18-5-2)19-6-3/h11-17,21H,4-10,18-20H2,1-3H3,(H,28,30). The van der Waals surface area contributed by atoms with Gasteiger partial charge in [-0.1, -0.05) is 52.5 Å². The Labute approximate surface area is 193 Å². The van der Waals surface area contributed by atoms with Gasteiger partial charge in [0, 0.05) is 29.9 Å². The highest BCUT2D eigenvalue weighted by molar-refractivity contribution is 6.05. The number of anilines is 1. The Morgan fingerprint density at radius 1 is 0.812 bits per heavy atom. The van der Waals surface area contributed by atoms with Gasteiger partial charge in [0.15, 0.2) is 0 Å². The summed E-state index contributed by atoms with van der Waals surface area (Å²) in [4.78, 5) is 27.4. The lowest BCUT2D eigenvalue weighted by Gasteiger charge is -2.21. The lowest BCUT2D eigenvalue weighted by Crippen LogP contribution is -2.32. The molecule has 5 nitrogen and oxygen atoms in total. The van der Waals surface area contributed by atoms with Crippen molar-refractivity contribution in [1.29, 1.82) is 0 Å². The van der Waals surface area contributed by atoms with E-state index in [2.05, 4.69) is 26.1 Å². The first kappa shape index (κ1) is 25.4. The summed E-state index contributed by atoms with van der Waals surface area (Å²) in [5, 5.41) is 2.90. The largest absolute Gasteiger partial charge is 0.494 e. The van der Waals surface area contributed by atoms with Crippen molar-refractivity contribution in [3.05, 3.63) is 59.7 Å². The molecule has 0 aliphatic carbocycles. The number of benzene rings is 2. The summed E-state index contributed by atoms with van der Waals surface area (Å²) in [7, 11) is 0. The summed E-state index contributed by atoms with van der Waals surface area (Å²) in [6, 6.07) is 14.3. The number of rotatable bonds is 14. The normalized spacial score (nSPS) is 10.6. The maximum absolute atomic E-state index is 12.8. The summed E-state index contributed by atoms with van der Waals surface area (Å²) < 4.78 is 5.77. The Kier molecular flexibility index (Phi) is 11.4. The first-order chi connectivity index (χ1) is 15.6. The van der Waals surface area contributed by atoms with Gasteiger partial charge in [-0.15, -0.1) is 0 Å². The van der Waals surface area contributed by atoms with Crippen molar-refractivity contribution >= 4 is 17.5 Å². The van der Waals surface area contributed by atoms with E-state index in [1.165, 1.54) is 25.7 Å². The van der Waals surface area contributed by atoms with Gasteiger partial charge in [-0.25, -0.2) is 0 Å². The van der Waals surface area contributed by atoms with Crippen molar-refractivity contribution in [2.24, 2.45) is 0 Å². The minimum atomic E-state index is -0.209. The van der Waals surface area contributed by atoms with Gasteiger partial charge in [0.25, 0.3) is 11.8 Å². The van der Waals surface area contributed by atoms with Crippen LogP contribution in [0.2, 0.25) is 0 Å². The lowest BCUT2D eigenvalue weighted by molar-refractivity contribution is 0.0755. The van der Waals surface area contributed by atoms with Crippen LogP contribution in [-0.2, 0) is 0 Å². The number of ether oxygens (including phenoxy) is 1. The molecule has 174 valence electrons. The fourth-order valence-electron chi connectivity index (χ4n) is 3.57. The van der Waals surface area contributed by atoms with E-state index in [1.54, 1.807) is 36.4 Å². The average Bonchev–Trinajstić information content (AvgIpc) is 2.81. The summed E-state index contributed by atoms with van der Waals surface area (Å²) in [5.74, 6) is 0.567. The van der Waals surface area contributed by atoms with Crippen LogP contribution < -0.4 is 10.1 Å². The van der Waals surface area contributed by atoms with E-state index in [0.29, 0.717) is 23.4 Å². The van der Waals surface area contributed by atoms with Crippen molar-refractivity contribution in [2.75, 3.05) is 25.0 Å². The number of nitrogens with one attached hydrogen (secondary N) is 1. The van der Waals surface area contributed by atoms with Crippen LogP contribution in [0.1, 0.15) is 86.4 Å². The van der Waals surface area contributed by atoms with Crippen molar-refractivity contribution in [2.45, 2.75) is 65.7 Å². The molecule has 2 aromatic carbocycles. The molecular formula is C27H38N2O3. The highest BCUT2D eigenvalue weighted by Crippen LogP contribution is 2.17. The van der Waals surface area contributed by atoms with Crippen LogP contribution in [0.15, 0.2) is 48.5 Å². The number of unbranched alkanes of at least 4 members (excludes halogenated alkanes) is 4. The van der Waals surface area contributed by atoms with E-state index >= 15 is 0 Å². The second-order valence-electron chi connectivity index (χ2n) is 8.11. The van der Waals surface area contributed by atoms with E-state index in [4.69, 9.17) is 4.74 Å². The van der Waals surface area contributed by atoms with Crippen LogP contribution in [0.3, 0.4) is 0 Å². The molecule has 5 heteroatoms. The van der Waals surface area contributed by atoms with Crippen LogP contribution in [-0.4, -0.2) is 36.4 Å². The highest BCUT2D eigenvalue weighted by Gasteiger charge is 2.15. The molecule has 32 heavy (non-hydrogen) atoms. The molecule has 0 unspecified atom stereocenters. The highest BCUT2D eigenvalue weighted by atomic mass is 16.5. The molecule has 0 heterocycles. The molecule has 0 atom stereocenters. The first-order valence-electron chi connectivity index (χ1n) is 12.0. The molecule has 0 fully saturated rings. The summed E-state index contributed by atoms with van der Waals surface area (Å²) in [5.41, 5.74) is 1.75. The zero-order valence-electron chi connectivity index (χ0n) is 19.9. The van der Waals surface area contributed by atoms with Crippen LogP contribution in [0.5, 0.6) is 5.75 Å². The molecule has 2 aromatic rings. The van der Waals surface area contributed by atoms with Gasteiger partial charge < -0.3 is 15.0 Å². The summed E-state index contributed by atoms with van der Waals surface area (Å²) in [6.07, 6.45) is 7.83. The van der Waals surface area contributed by atoms with E-state index < -0.39 is 0 Å². The number of hydrogen-bond acceptors (Lipinski definition) is 3. The second kappa shape index (κ2) is 14.3. The molecule has 2 rings (SSSR count). The van der Waals surface area contributed by atoms with Crippen molar-refractivity contribution < 1.29 is 14.3 Å². The van der Waals surface area contributed by atoms with Gasteiger partial charge in [0.2, 0.25) is 0 Å². The van der Waals surface area contributed by atoms with Crippen molar-refractivity contribution in [1.82, 2.24) is 4.90 Å². The molecule has 1 N–H and O–H groups in total. The Hall–Kier alpha value is -2.82. The quantitative estimate of drug-likeness (QED) is 0.340. The van der Waals surface area contributed by atoms with Gasteiger partial charge in [-0.05, 0) is 61.7 Å². The molecule has 0 saturated heterocycles. The predicted molar refractivity (Wildman–Crippen MR) is 132 cm³/mol. The molecular weight excluding hydrogens is 400 g/mol.